The molecule has 0 saturated heterocycles. The molecule has 0 saturated carbocycles. The zero-order valence-electron chi connectivity index (χ0n) is 11.4. The van der Waals surface area contributed by atoms with E-state index in [0.717, 1.165) is 25.9 Å². The van der Waals surface area contributed by atoms with Crippen molar-refractivity contribution in [2.75, 3.05) is 19.8 Å². The average Bonchev–Trinajstić information content (AvgIpc) is 2.68. The van der Waals surface area contributed by atoms with Gasteiger partial charge in [0.2, 0.25) is 0 Å². The fraction of sp³-hybridized carbons (Fsp3) is 0.692. The van der Waals surface area contributed by atoms with E-state index in [1.807, 2.05) is 0 Å². The van der Waals surface area contributed by atoms with E-state index >= 15 is 0 Å². The molecule has 0 fully saturated rings. The second kappa shape index (κ2) is 7.87. The summed E-state index contributed by atoms with van der Waals surface area (Å²) in [5.74, 6) is 0.434. The molecule has 18 heavy (non-hydrogen) atoms. The van der Waals surface area contributed by atoms with Crippen molar-refractivity contribution in [1.29, 1.82) is 0 Å². The van der Waals surface area contributed by atoms with Gasteiger partial charge in [0.05, 0.1) is 5.69 Å². The molecular weight excluding hydrogens is 232 g/mol. The Balaban J connectivity index is 2.18. The Kier molecular flexibility index (Phi) is 6.43. The maximum absolute atomic E-state index is 11.8. The van der Waals surface area contributed by atoms with E-state index < -0.39 is 0 Å². The van der Waals surface area contributed by atoms with Crippen LogP contribution in [0.3, 0.4) is 0 Å². The Labute approximate surface area is 108 Å². The van der Waals surface area contributed by atoms with Crippen molar-refractivity contribution in [3.63, 3.8) is 0 Å². The minimum Gasteiger partial charge on any atom is -0.381 e. The van der Waals surface area contributed by atoms with Gasteiger partial charge in [0.15, 0.2) is 0 Å². The van der Waals surface area contributed by atoms with Crippen molar-refractivity contribution in [2.24, 2.45) is 0 Å². The first-order valence-corrected chi connectivity index (χ1v) is 6.45. The third-order valence-electron chi connectivity index (χ3n) is 2.65. The van der Waals surface area contributed by atoms with Crippen molar-refractivity contribution >= 4 is 5.91 Å². The smallest absolute Gasteiger partial charge is 0.256 e. The average molecular weight is 254 g/mol. The quantitative estimate of drug-likeness (QED) is 0.722. The van der Waals surface area contributed by atoms with E-state index in [9.17, 15) is 4.79 Å². The molecule has 0 aliphatic heterocycles. The van der Waals surface area contributed by atoms with Crippen LogP contribution in [0.15, 0.2) is 4.52 Å². The van der Waals surface area contributed by atoms with Crippen molar-refractivity contribution in [2.45, 2.75) is 40.0 Å². The van der Waals surface area contributed by atoms with Crippen LogP contribution in [-0.2, 0) is 4.74 Å². The summed E-state index contributed by atoms with van der Waals surface area (Å²) in [6.45, 7) is 7.72. The molecule has 102 valence electrons. The highest BCUT2D eigenvalue weighted by molar-refractivity contribution is 5.96. The summed E-state index contributed by atoms with van der Waals surface area (Å²) in [4.78, 5) is 11.8. The van der Waals surface area contributed by atoms with Gasteiger partial charge in [-0.15, -0.1) is 0 Å². The number of carbonyl (C=O) groups is 1. The minimum absolute atomic E-state index is 0.125. The molecule has 0 aromatic carbocycles. The molecule has 0 aliphatic carbocycles. The van der Waals surface area contributed by atoms with Gasteiger partial charge in [0.1, 0.15) is 11.3 Å². The monoisotopic (exact) mass is 254 g/mol. The summed E-state index contributed by atoms with van der Waals surface area (Å²) in [5.41, 5.74) is 1.17. The summed E-state index contributed by atoms with van der Waals surface area (Å²) in [6, 6.07) is 0. The van der Waals surface area contributed by atoms with Gasteiger partial charge in [-0.25, -0.2) is 0 Å². The molecule has 1 aromatic rings. The van der Waals surface area contributed by atoms with Crippen LogP contribution >= 0.6 is 0 Å². The van der Waals surface area contributed by atoms with Gasteiger partial charge in [0, 0.05) is 19.8 Å². The number of unbranched alkanes of at least 4 members (excludes halogenated alkanes) is 1. The van der Waals surface area contributed by atoms with E-state index in [1.165, 1.54) is 0 Å². The molecule has 1 heterocycles. The lowest BCUT2D eigenvalue weighted by Crippen LogP contribution is -2.26. The normalized spacial score (nSPS) is 10.6. The Morgan fingerprint density at radius 2 is 2.06 bits per heavy atom. The molecule has 5 heteroatoms. The molecule has 1 aromatic heterocycles. The highest BCUT2D eigenvalue weighted by Crippen LogP contribution is 2.11. The highest BCUT2D eigenvalue weighted by atomic mass is 16.5. The van der Waals surface area contributed by atoms with Crippen LogP contribution in [0.25, 0.3) is 0 Å². The largest absolute Gasteiger partial charge is 0.381 e. The first-order chi connectivity index (χ1) is 8.66. The van der Waals surface area contributed by atoms with E-state index in [0.29, 0.717) is 30.2 Å². The van der Waals surface area contributed by atoms with E-state index in [4.69, 9.17) is 9.26 Å². The van der Waals surface area contributed by atoms with Crippen LogP contribution in [0.4, 0.5) is 0 Å². The lowest BCUT2D eigenvalue weighted by Gasteiger charge is -2.05. The predicted molar refractivity (Wildman–Crippen MR) is 68.7 cm³/mol. The summed E-state index contributed by atoms with van der Waals surface area (Å²) >= 11 is 0. The first kappa shape index (κ1) is 14.7. The third kappa shape index (κ3) is 4.49. The molecule has 0 unspecified atom stereocenters. The number of hydrogen-bond donors (Lipinski definition) is 1. The number of rotatable bonds is 8. The molecule has 1 amide bonds. The Bertz CT molecular complexity index is 355. The van der Waals surface area contributed by atoms with Gasteiger partial charge < -0.3 is 14.6 Å². The molecule has 0 atom stereocenters. The number of hydrogen-bond acceptors (Lipinski definition) is 4. The maximum atomic E-state index is 11.8. The van der Waals surface area contributed by atoms with Gasteiger partial charge in [0.25, 0.3) is 5.91 Å². The standard InChI is InChI=1S/C13H22N2O3/c1-4-5-8-17-9-6-7-14-13(16)12-10(2)15-18-11(12)3/h4-9H2,1-3H3,(H,14,16). The molecule has 0 spiro atoms. The Hall–Kier alpha value is -1.36. The van der Waals surface area contributed by atoms with Gasteiger partial charge in [-0.05, 0) is 26.7 Å². The molecule has 0 aliphatic rings. The molecule has 5 nitrogen and oxygen atoms in total. The van der Waals surface area contributed by atoms with Crippen LogP contribution in [0.2, 0.25) is 0 Å². The zero-order valence-corrected chi connectivity index (χ0v) is 11.4. The van der Waals surface area contributed by atoms with Crippen molar-refractivity contribution in [3.8, 4) is 0 Å². The van der Waals surface area contributed by atoms with Crippen LogP contribution in [-0.4, -0.2) is 30.8 Å². The number of carbonyl (C=O) groups excluding carboxylic acids is 1. The fourth-order valence-electron chi connectivity index (χ4n) is 1.62. The minimum atomic E-state index is -0.125. The van der Waals surface area contributed by atoms with Gasteiger partial charge in [-0.1, -0.05) is 18.5 Å². The van der Waals surface area contributed by atoms with Crippen LogP contribution in [0, 0.1) is 13.8 Å². The third-order valence-corrected chi connectivity index (χ3v) is 2.65. The Morgan fingerprint density at radius 3 is 2.67 bits per heavy atom. The molecular formula is C13H22N2O3. The number of ether oxygens (including phenoxy) is 1. The van der Waals surface area contributed by atoms with Crippen LogP contribution in [0.1, 0.15) is 48.0 Å². The molecule has 1 rings (SSSR count). The summed E-state index contributed by atoms with van der Waals surface area (Å²) in [5, 5.41) is 6.59. The maximum Gasteiger partial charge on any atom is 0.256 e. The van der Waals surface area contributed by atoms with Crippen LogP contribution < -0.4 is 5.32 Å². The summed E-state index contributed by atoms with van der Waals surface area (Å²) < 4.78 is 10.4. The number of nitrogens with one attached hydrogen (secondary N) is 1. The predicted octanol–water partition coefficient (Wildman–Crippen LogP) is 2.23. The molecule has 1 N–H and O–H groups in total. The van der Waals surface area contributed by atoms with E-state index in [-0.39, 0.29) is 5.91 Å². The molecule has 0 bridgehead atoms. The lowest BCUT2D eigenvalue weighted by molar-refractivity contribution is 0.0938. The zero-order chi connectivity index (χ0) is 13.4. The molecule has 0 radical (unpaired) electrons. The number of aromatic nitrogens is 1. The second-order valence-electron chi connectivity index (χ2n) is 4.27. The Morgan fingerprint density at radius 1 is 1.33 bits per heavy atom. The fourth-order valence-corrected chi connectivity index (χ4v) is 1.62. The van der Waals surface area contributed by atoms with Gasteiger partial charge in [-0.3, -0.25) is 4.79 Å². The van der Waals surface area contributed by atoms with Crippen molar-refractivity contribution < 1.29 is 14.1 Å². The number of amides is 1. The SMILES string of the molecule is CCCCOCCCNC(=O)c1c(C)noc1C. The first-order valence-electron chi connectivity index (χ1n) is 6.45. The van der Waals surface area contributed by atoms with Crippen LogP contribution in [0.5, 0.6) is 0 Å². The number of aryl methyl sites for hydroxylation is 2. The summed E-state index contributed by atoms with van der Waals surface area (Å²) in [7, 11) is 0. The highest BCUT2D eigenvalue weighted by Gasteiger charge is 2.16. The lowest BCUT2D eigenvalue weighted by atomic mass is 10.2. The van der Waals surface area contributed by atoms with Crippen molar-refractivity contribution in [3.05, 3.63) is 17.0 Å². The van der Waals surface area contributed by atoms with E-state index in [1.54, 1.807) is 13.8 Å². The summed E-state index contributed by atoms with van der Waals surface area (Å²) in [6.07, 6.45) is 3.05. The van der Waals surface area contributed by atoms with Gasteiger partial charge >= 0.3 is 0 Å². The second-order valence-corrected chi connectivity index (χ2v) is 4.27. The van der Waals surface area contributed by atoms with E-state index in [2.05, 4.69) is 17.4 Å². The number of nitrogens with zero attached hydrogens (tertiary/aromatic N) is 1. The van der Waals surface area contributed by atoms with Gasteiger partial charge in [-0.2, -0.15) is 0 Å². The topological polar surface area (TPSA) is 64.4 Å². The van der Waals surface area contributed by atoms with Crippen molar-refractivity contribution in [1.82, 2.24) is 10.5 Å².